The van der Waals surface area contributed by atoms with E-state index in [4.69, 9.17) is 14.2 Å². The first kappa shape index (κ1) is 17.9. The lowest BCUT2D eigenvalue weighted by atomic mass is 10.1. The summed E-state index contributed by atoms with van der Waals surface area (Å²) in [5.41, 5.74) is 1.97. The lowest BCUT2D eigenvalue weighted by Gasteiger charge is -2.19. The van der Waals surface area contributed by atoms with Crippen molar-refractivity contribution in [1.82, 2.24) is 9.78 Å². The van der Waals surface area contributed by atoms with Gasteiger partial charge in [0.05, 0.1) is 11.4 Å². The molecule has 0 bridgehead atoms. The average molecular weight is 379 g/mol. The van der Waals surface area contributed by atoms with Crippen LogP contribution in [-0.4, -0.2) is 28.3 Å². The van der Waals surface area contributed by atoms with Gasteiger partial charge in [0.2, 0.25) is 6.79 Å². The van der Waals surface area contributed by atoms with E-state index in [1.807, 2.05) is 69.3 Å². The molecule has 144 valence electrons. The molecule has 7 nitrogen and oxygen atoms in total. The van der Waals surface area contributed by atoms with Crippen LogP contribution in [0.1, 0.15) is 20.8 Å². The molecule has 1 aliphatic rings. The van der Waals surface area contributed by atoms with Crippen molar-refractivity contribution in [3.8, 4) is 28.4 Å². The topological polar surface area (TPSA) is 74.6 Å². The van der Waals surface area contributed by atoms with E-state index in [9.17, 15) is 4.79 Å². The van der Waals surface area contributed by atoms with Crippen molar-refractivity contribution in [2.75, 3.05) is 12.1 Å². The molecule has 4 rings (SSSR count). The highest BCUT2D eigenvalue weighted by Gasteiger charge is 2.20. The molecule has 0 radical (unpaired) electrons. The minimum atomic E-state index is -0.591. The van der Waals surface area contributed by atoms with Gasteiger partial charge in [0.15, 0.2) is 17.3 Å². The van der Waals surface area contributed by atoms with Crippen LogP contribution in [0.5, 0.6) is 11.5 Å². The first-order valence-electron chi connectivity index (χ1n) is 8.94. The van der Waals surface area contributed by atoms with Gasteiger partial charge in [-0.3, -0.25) is 5.32 Å². The second-order valence-electron chi connectivity index (χ2n) is 7.36. The van der Waals surface area contributed by atoms with Gasteiger partial charge in [0.1, 0.15) is 5.60 Å². The third kappa shape index (κ3) is 3.78. The quantitative estimate of drug-likeness (QED) is 0.719. The van der Waals surface area contributed by atoms with E-state index in [1.54, 1.807) is 10.7 Å². The maximum Gasteiger partial charge on any atom is 0.413 e. The molecule has 1 aromatic heterocycles. The summed E-state index contributed by atoms with van der Waals surface area (Å²) in [4.78, 5) is 12.2. The SMILES string of the molecule is CC(C)(C)OC(=O)Nc1cc(-c2ccc3c(c2)OCO3)n(-c2ccccc2)n1. The van der Waals surface area contributed by atoms with E-state index >= 15 is 0 Å². The molecule has 1 amide bonds. The minimum absolute atomic E-state index is 0.210. The van der Waals surface area contributed by atoms with Gasteiger partial charge >= 0.3 is 6.09 Å². The van der Waals surface area contributed by atoms with Gasteiger partial charge < -0.3 is 14.2 Å². The summed E-state index contributed by atoms with van der Waals surface area (Å²) in [6.45, 7) is 5.65. The van der Waals surface area contributed by atoms with E-state index in [2.05, 4.69) is 10.4 Å². The number of amides is 1. The number of hydrogen-bond acceptors (Lipinski definition) is 5. The highest BCUT2D eigenvalue weighted by atomic mass is 16.7. The molecule has 0 aliphatic carbocycles. The van der Waals surface area contributed by atoms with Gasteiger partial charge in [-0.15, -0.1) is 5.10 Å². The Kier molecular flexibility index (Phi) is 4.43. The van der Waals surface area contributed by atoms with Gasteiger partial charge in [-0.25, -0.2) is 9.48 Å². The molecule has 0 fully saturated rings. The second-order valence-corrected chi connectivity index (χ2v) is 7.36. The number of aromatic nitrogens is 2. The molecule has 3 aromatic rings. The largest absolute Gasteiger partial charge is 0.454 e. The lowest BCUT2D eigenvalue weighted by molar-refractivity contribution is 0.0635. The zero-order valence-electron chi connectivity index (χ0n) is 15.9. The van der Waals surface area contributed by atoms with Gasteiger partial charge in [-0.2, -0.15) is 0 Å². The van der Waals surface area contributed by atoms with Crippen molar-refractivity contribution >= 4 is 11.9 Å². The normalized spacial score (nSPS) is 12.7. The number of ether oxygens (including phenoxy) is 3. The fourth-order valence-electron chi connectivity index (χ4n) is 2.88. The summed E-state index contributed by atoms with van der Waals surface area (Å²) < 4.78 is 18.0. The summed E-state index contributed by atoms with van der Waals surface area (Å²) in [5.74, 6) is 1.78. The molecule has 2 aromatic carbocycles. The summed E-state index contributed by atoms with van der Waals surface area (Å²) in [7, 11) is 0. The number of fused-ring (bicyclic) bond motifs is 1. The van der Waals surface area contributed by atoms with Crippen molar-refractivity contribution < 1.29 is 19.0 Å². The molecule has 0 atom stereocenters. The first-order valence-corrected chi connectivity index (χ1v) is 8.94. The van der Waals surface area contributed by atoms with Gasteiger partial charge in [-0.1, -0.05) is 18.2 Å². The van der Waals surface area contributed by atoms with E-state index < -0.39 is 11.7 Å². The predicted molar refractivity (Wildman–Crippen MR) is 105 cm³/mol. The number of carbonyl (C=O) groups is 1. The fourth-order valence-corrected chi connectivity index (χ4v) is 2.88. The molecule has 0 saturated heterocycles. The summed E-state index contributed by atoms with van der Waals surface area (Å²) in [6.07, 6.45) is -0.553. The molecule has 2 heterocycles. The van der Waals surface area contributed by atoms with Crippen LogP contribution < -0.4 is 14.8 Å². The predicted octanol–water partition coefficient (Wildman–Crippen LogP) is 4.62. The Morgan fingerprint density at radius 2 is 1.82 bits per heavy atom. The van der Waals surface area contributed by atoms with Crippen molar-refractivity contribution in [3.05, 3.63) is 54.6 Å². The van der Waals surface area contributed by atoms with Crippen LogP contribution in [0, 0.1) is 0 Å². The molecular weight excluding hydrogens is 358 g/mol. The standard InChI is InChI=1S/C21H21N3O4/c1-21(2,3)28-20(25)22-19-12-16(24(23-19)15-7-5-4-6-8-15)14-9-10-17-18(11-14)27-13-26-17/h4-12H,13H2,1-3H3,(H,22,23,25). The van der Waals surface area contributed by atoms with Crippen LogP contribution in [0.4, 0.5) is 10.6 Å². The summed E-state index contributed by atoms with van der Waals surface area (Å²) in [5, 5.41) is 7.26. The Labute approximate surface area is 162 Å². The summed E-state index contributed by atoms with van der Waals surface area (Å²) in [6, 6.07) is 17.2. The number of carbonyl (C=O) groups excluding carboxylic acids is 1. The van der Waals surface area contributed by atoms with Gasteiger partial charge in [0.25, 0.3) is 0 Å². The maximum absolute atomic E-state index is 12.2. The number of anilines is 1. The molecule has 1 N–H and O–H groups in total. The number of rotatable bonds is 3. The zero-order valence-corrected chi connectivity index (χ0v) is 15.9. The molecule has 0 spiro atoms. The average Bonchev–Trinajstić information content (AvgIpc) is 3.26. The number of hydrogen-bond donors (Lipinski definition) is 1. The van der Waals surface area contributed by atoms with E-state index in [-0.39, 0.29) is 6.79 Å². The Balaban J connectivity index is 1.72. The number of nitrogens with one attached hydrogen (secondary N) is 1. The highest BCUT2D eigenvalue weighted by molar-refractivity contribution is 5.85. The van der Waals surface area contributed by atoms with Crippen LogP contribution in [0.3, 0.4) is 0 Å². The van der Waals surface area contributed by atoms with Gasteiger partial charge in [0, 0.05) is 11.6 Å². The smallest absolute Gasteiger partial charge is 0.413 e. The number of para-hydroxylation sites is 1. The maximum atomic E-state index is 12.2. The number of nitrogens with zero attached hydrogens (tertiary/aromatic N) is 2. The zero-order chi connectivity index (χ0) is 19.7. The second kappa shape index (κ2) is 6.92. The molecule has 1 aliphatic heterocycles. The first-order chi connectivity index (χ1) is 13.4. The molecule has 0 saturated carbocycles. The molecule has 0 unspecified atom stereocenters. The van der Waals surface area contributed by atoms with Crippen LogP contribution >= 0.6 is 0 Å². The van der Waals surface area contributed by atoms with E-state index in [1.165, 1.54) is 0 Å². The Morgan fingerprint density at radius 1 is 1.07 bits per heavy atom. The third-order valence-electron chi connectivity index (χ3n) is 4.01. The Morgan fingerprint density at radius 3 is 2.57 bits per heavy atom. The molecule has 7 heteroatoms. The lowest BCUT2D eigenvalue weighted by Crippen LogP contribution is -2.27. The summed E-state index contributed by atoms with van der Waals surface area (Å²) >= 11 is 0. The van der Waals surface area contributed by atoms with Crippen molar-refractivity contribution in [2.45, 2.75) is 26.4 Å². The molecule has 28 heavy (non-hydrogen) atoms. The minimum Gasteiger partial charge on any atom is -0.454 e. The van der Waals surface area contributed by atoms with Crippen LogP contribution in [0.15, 0.2) is 54.6 Å². The van der Waals surface area contributed by atoms with Crippen LogP contribution in [0.25, 0.3) is 16.9 Å². The Bertz CT molecular complexity index is 1010. The van der Waals surface area contributed by atoms with E-state index in [0.717, 1.165) is 16.9 Å². The number of benzene rings is 2. The van der Waals surface area contributed by atoms with Crippen LogP contribution in [0.2, 0.25) is 0 Å². The van der Waals surface area contributed by atoms with Crippen molar-refractivity contribution in [3.63, 3.8) is 0 Å². The van der Waals surface area contributed by atoms with E-state index in [0.29, 0.717) is 17.3 Å². The van der Waals surface area contributed by atoms with Crippen molar-refractivity contribution in [1.29, 1.82) is 0 Å². The Hall–Kier alpha value is -3.48. The highest BCUT2D eigenvalue weighted by Crippen LogP contribution is 2.37. The monoisotopic (exact) mass is 379 g/mol. The fraction of sp³-hybridized carbons (Fsp3) is 0.238. The van der Waals surface area contributed by atoms with Crippen molar-refractivity contribution in [2.24, 2.45) is 0 Å². The molecular formula is C21H21N3O4. The van der Waals surface area contributed by atoms with Gasteiger partial charge in [-0.05, 0) is 51.1 Å². The van der Waals surface area contributed by atoms with Crippen LogP contribution in [-0.2, 0) is 4.74 Å². The third-order valence-corrected chi connectivity index (χ3v) is 4.01.